The van der Waals surface area contributed by atoms with Crippen LogP contribution in [0.2, 0.25) is 0 Å². The van der Waals surface area contributed by atoms with Gasteiger partial charge in [0.2, 0.25) is 0 Å². The van der Waals surface area contributed by atoms with E-state index in [-0.39, 0.29) is 0 Å². The summed E-state index contributed by atoms with van der Waals surface area (Å²) in [5.74, 6) is 1.50. The predicted octanol–water partition coefficient (Wildman–Crippen LogP) is 3.47. The van der Waals surface area contributed by atoms with Gasteiger partial charge in [-0.05, 0) is 24.8 Å². The number of unbranched alkanes of at least 4 members (excludes halogenated alkanes) is 1. The maximum absolute atomic E-state index is 5.70. The summed E-state index contributed by atoms with van der Waals surface area (Å²) in [6, 6.07) is 0. The second-order valence-corrected chi connectivity index (χ2v) is 5.09. The van der Waals surface area contributed by atoms with E-state index in [1.165, 1.54) is 25.7 Å². The minimum Gasteiger partial charge on any atom is -0.380 e. The molecule has 1 unspecified atom stereocenters. The number of ether oxygens (including phenoxy) is 1. The van der Waals surface area contributed by atoms with Gasteiger partial charge in [-0.15, -0.1) is 0 Å². The molecule has 0 aliphatic rings. The van der Waals surface area contributed by atoms with E-state index >= 15 is 0 Å². The van der Waals surface area contributed by atoms with Crippen molar-refractivity contribution >= 4 is 0 Å². The predicted molar refractivity (Wildman–Crippen MR) is 71.8 cm³/mol. The maximum Gasteiger partial charge on any atom is 0.0591 e. The van der Waals surface area contributed by atoms with Crippen LogP contribution in [-0.2, 0) is 4.74 Å². The van der Waals surface area contributed by atoms with Crippen LogP contribution >= 0.6 is 0 Å². The monoisotopic (exact) mass is 229 g/mol. The fourth-order valence-corrected chi connectivity index (χ4v) is 1.68. The molecule has 2 nitrogen and oxygen atoms in total. The van der Waals surface area contributed by atoms with Crippen molar-refractivity contribution in [2.45, 2.75) is 53.4 Å². The van der Waals surface area contributed by atoms with Crippen molar-refractivity contribution < 1.29 is 4.74 Å². The molecule has 0 saturated carbocycles. The number of rotatable bonds is 11. The Kier molecular flexibility index (Phi) is 11.3. The Morgan fingerprint density at radius 2 is 1.94 bits per heavy atom. The van der Waals surface area contributed by atoms with Crippen molar-refractivity contribution in [3.05, 3.63) is 0 Å². The van der Waals surface area contributed by atoms with Crippen LogP contribution in [0.25, 0.3) is 0 Å². The first kappa shape index (κ1) is 15.9. The van der Waals surface area contributed by atoms with Crippen molar-refractivity contribution in [3.8, 4) is 0 Å². The molecule has 0 bridgehead atoms. The lowest BCUT2D eigenvalue weighted by Gasteiger charge is -2.15. The summed E-state index contributed by atoms with van der Waals surface area (Å²) in [5.41, 5.74) is 0. The second kappa shape index (κ2) is 11.4. The molecule has 16 heavy (non-hydrogen) atoms. The van der Waals surface area contributed by atoms with Gasteiger partial charge in [-0.3, -0.25) is 0 Å². The van der Waals surface area contributed by atoms with Gasteiger partial charge in [-0.25, -0.2) is 0 Å². The Bertz CT molecular complexity index is 137. The molecular formula is C14H31NO. The summed E-state index contributed by atoms with van der Waals surface area (Å²) in [6.07, 6.45) is 5.21. The summed E-state index contributed by atoms with van der Waals surface area (Å²) in [6.45, 7) is 12.9. The SMILES string of the molecule is CCCCC(CC)COCCNCC(C)C. The van der Waals surface area contributed by atoms with Gasteiger partial charge >= 0.3 is 0 Å². The fourth-order valence-electron chi connectivity index (χ4n) is 1.68. The van der Waals surface area contributed by atoms with Gasteiger partial charge in [0.15, 0.2) is 0 Å². The molecule has 0 aliphatic heterocycles. The van der Waals surface area contributed by atoms with Crippen molar-refractivity contribution in [3.63, 3.8) is 0 Å². The zero-order valence-corrected chi connectivity index (χ0v) is 11.7. The molecule has 2 heteroatoms. The molecule has 0 aromatic carbocycles. The highest BCUT2D eigenvalue weighted by Gasteiger charge is 2.05. The van der Waals surface area contributed by atoms with Crippen molar-refractivity contribution in [2.24, 2.45) is 11.8 Å². The van der Waals surface area contributed by atoms with Gasteiger partial charge in [0.1, 0.15) is 0 Å². The van der Waals surface area contributed by atoms with Crippen LogP contribution in [0, 0.1) is 11.8 Å². The zero-order chi connectivity index (χ0) is 12.2. The van der Waals surface area contributed by atoms with E-state index in [0.29, 0.717) is 0 Å². The Labute approximate surface area is 102 Å². The van der Waals surface area contributed by atoms with Gasteiger partial charge in [0.25, 0.3) is 0 Å². The van der Waals surface area contributed by atoms with Crippen LogP contribution in [-0.4, -0.2) is 26.3 Å². The lowest BCUT2D eigenvalue weighted by Crippen LogP contribution is -2.24. The Balaban J connectivity index is 3.27. The molecule has 1 N–H and O–H groups in total. The molecule has 98 valence electrons. The highest BCUT2D eigenvalue weighted by atomic mass is 16.5. The lowest BCUT2D eigenvalue weighted by atomic mass is 10.0. The summed E-state index contributed by atoms with van der Waals surface area (Å²) in [4.78, 5) is 0. The number of hydrogen-bond acceptors (Lipinski definition) is 2. The molecule has 0 saturated heterocycles. The van der Waals surface area contributed by atoms with Crippen LogP contribution in [0.5, 0.6) is 0 Å². The molecule has 0 rings (SSSR count). The van der Waals surface area contributed by atoms with Gasteiger partial charge < -0.3 is 10.1 Å². The highest BCUT2D eigenvalue weighted by Crippen LogP contribution is 2.12. The minimum absolute atomic E-state index is 0.730. The van der Waals surface area contributed by atoms with Crippen LogP contribution in [0.4, 0.5) is 0 Å². The quantitative estimate of drug-likeness (QED) is 0.548. The van der Waals surface area contributed by atoms with Crippen LogP contribution in [0.3, 0.4) is 0 Å². The molecule has 0 fully saturated rings. The Morgan fingerprint density at radius 3 is 2.50 bits per heavy atom. The van der Waals surface area contributed by atoms with E-state index in [0.717, 1.165) is 38.1 Å². The fraction of sp³-hybridized carbons (Fsp3) is 1.00. The van der Waals surface area contributed by atoms with E-state index in [1.54, 1.807) is 0 Å². The van der Waals surface area contributed by atoms with Gasteiger partial charge in [-0.1, -0.05) is 47.0 Å². The molecule has 0 spiro atoms. The normalized spacial score (nSPS) is 13.3. The third-order valence-corrected chi connectivity index (χ3v) is 2.87. The standard InChI is InChI=1S/C14H31NO/c1-5-7-8-14(6-2)12-16-10-9-15-11-13(3)4/h13-15H,5-12H2,1-4H3. The average molecular weight is 229 g/mol. The van der Waals surface area contributed by atoms with E-state index in [9.17, 15) is 0 Å². The van der Waals surface area contributed by atoms with E-state index < -0.39 is 0 Å². The van der Waals surface area contributed by atoms with E-state index in [4.69, 9.17) is 4.74 Å². The molecule has 1 atom stereocenters. The first-order valence-electron chi connectivity index (χ1n) is 6.99. The molecule has 0 radical (unpaired) electrons. The Hall–Kier alpha value is -0.0800. The summed E-state index contributed by atoms with van der Waals surface area (Å²) in [7, 11) is 0. The third-order valence-electron chi connectivity index (χ3n) is 2.87. The van der Waals surface area contributed by atoms with Crippen LogP contribution in [0.15, 0.2) is 0 Å². The van der Waals surface area contributed by atoms with Gasteiger partial charge in [0.05, 0.1) is 6.61 Å². The van der Waals surface area contributed by atoms with E-state index in [2.05, 4.69) is 33.0 Å². The third kappa shape index (κ3) is 10.4. The first-order chi connectivity index (χ1) is 7.70. The highest BCUT2D eigenvalue weighted by molar-refractivity contribution is 4.56. The number of hydrogen-bond donors (Lipinski definition) is 1. The minimum atomic E-state index is 0.730. The molecule has 0 amide bonds. The number of nitrogens with one attached hydrogen (secondary N) is 1. The van der Waals surface area contributed by atoms with Gasteiger partial charge in [-0.2, -0.15) is 0 Å². The smallest absolute Gasteiger partial charge is 0.0591 e. The van der Waals surface area contributed by atoms with E-state index in [1.807, 2.05) is 0 Å². The van der Waals surface area contributed by atoms with Crippen molar-refractivity contribution in [1.82, 2.24) is 5.32 Å². The Morgan fingerprint density at radius 1 is 1.19 bits per heavy atom. The maximum atomic E-state index is 5.70. The van der Waals surface area contributed by atoms with Crippen molar-refractivity contribution in [1.29, 1.82) is 0 Å². The van der Waals surface area contributed by atoms with Crippen molar-refractivity contribution in [2.75, 3.05) is 26.3 Å². The summed E-state index contributed by atoms with van der Waals surface area (Å²) < 4.78 is 5.70. The average Bonchev–Trinajstić information content (AvgIpc) is 2.26. The first-order valence-corrected chi connectivity index (χ1v) is 6.99. The van der Waals surface area contributed by atoms with Gasteiger partial charge in [0, 0.05) is 13.2 Å². The largest absolute Gasteiger partial charge is 0.380 e. The molecular weight excluding hydrogens is 198 g/mol. The zero-order valence-electron chi connectivity index (χ0n) is 11.7. The summed E-state index contributed by atoms with van der Waals surface area (Å²) in [5, 5.41) is 3.39. The molecule has 0 aliphatic carbocycles. The molecule has 0 heterocycles. The summed E-state index contributed by atoms with van der Waals surface area (Å²) >= 11 is 0. The topological polar surface area (TPSA) is 21.3 Å². The second-order valence-electron chi connectivity index (χ2n) is 5.09. The molecule has 0 aromatic heterocycles. The van der Waals surface area contributed by atoms with Crippen LogP contribution < -0.4 is 5.32 Å². The lowest BCUT2D eigenvalue weighted by molar-refractivity contribution is 0.0954. The molecule has 0 aromatic rings. The van der Waals surface area contributed by atoms with Crippen LogP contribution in [0.1, 0.15) is 53.4 Å².